The summed E-state index contributed by atoms with van der Waals surface area (Å²) in [6.07, 6.45) is 2.49. The summed E-state index contributed by atoms with van der Waals surface area (Å²) in [7, 11) is 0. The highest BCUT2D eigenvalue weighted by molar-refractivity contribution is 5.98. The van der Waals surface area contributed by atoms with Gasteiger partial charge in [0.15, 0.2) is 0 Å². The van der Waals surface area contributed by atoms with Gasteiger partial charge in [0.05, 0.1) is 26.4 Å². The highest BCUT2D eigenvalue weighted by Gasteiger charge is 2.29. The van der Waals surface area contributed by atoms with Gasteiger partial charge in [-0.25, -0.2) is 4.79 Å². The molecule has 7 heteroatoms. The van der Waals surface area contributed by atoms with Crippen molar-refractivity contribution in [1.82, 2.24) is 4.90 Å². The van der Waals surface area contributed by atoms with Crippen LogP contribution in [-0.2, 0) is 16.0 Å². The van der Waals surface area contributed by atoms with Gasteiger partial charge in [0, 0.05) is 25.0 Å². The van der Waals surface area contributed by atoms with Gasteiger partial charge in [0.1, 0.15) is 17.0 Å². The van der Waals surface area contributed by atoms with Crippen LogP contribution in [0.5, 0.6) is 5.75 Å². The van der Waals surface area contributed by atoms with E-state index in [1.54, 1.807) is 11.0 Å². The van der Waals surface area contributed by atoms with Crippen LogP contribution >= 0.6 is 0 Å². The van der Waals surface area contributed by atoms with E-state index in [4.69, 9.17) is 13.9 Å². The third-order valence-corrected chi connectivity index (χ3v) is 5.27. The first kappa shape index (κ1) is 19.0. The van der Waals surface area contributed by atoms with Crippen molar-refractivity contribution in [2.75, 3.05) is 50.9 Å². The fourth-order valence-corrected chi connectivity index (χ4v) is 3.88. The molecule has 0 N–H and O–H groups in total. The van der Waals surface area contributed by atoms with Crippen LogP contribution < -0.4 is 15.3 Å². The van der Waals surface area contributed by atoms with E-state index in [1.807, 2.05) is 12.1 Å². The molecule has 1 fully saturated rings. The third-order valence-electron chi connectivity index (χ3n) is 5.27. The number of nitrogens with zero attached hydrogens (tertiary/aromatic N) is 2. The normalized spacial score (nSPS) is 17.5. The Hall–Kier alpha value is -2.38. The Labute approximate surface area is 163 Å². The molecule has 2 aliphatic heterocycles. The average Bonchev–Trinajstić information content (AvgIpc) is 2.73. The maximum absolute atomic E-state index is 13.0. The molecule has 0 saturated carbocycles. The molecule has 28 heavy (non-hydrogen) atoms. The Balaban J connectivity index is 1.68. The number of anilines is 1. The Bertz CT molecular complexity index is 917. The molecule has 0 atom stereocenters. The van der Waals surface area contributed by atoms with Gasteiger partial charge in [-0.1, -0.05) is 6.92 Å². The smallest absolute Gasteiger partial charge is 0.360 e. The van der Waals surface area contributed by atoms with Gasteiger partial charge < -0.3 is 18.8 Å². The molecule has 0 bridgehead atoms. The maximum Gasteiger partial charge on any atom is 0.360 e. The largest absolute Gasteiger partial charge is 0.494 e. The predicted octanol–water partition coefficient (Wildman–Crippen LogP) is 2.19. The third kappa shape index (κ3) is 3.77. The summed E-state index contributed by atoms with van der Waals surface area (Å²) in [6.45, 7) is 6.26. The quantitative estimate of drug-likeness (QED) is 0.734. The van der Waals surface area contributed by atoms with E-state index >= 15 is 0 Å². The highest BCUT2D eigenvalue weighted by atomic mass is 16.5. The number of aryl methyl sites for hydroxylation is 1. The average molecular weight is 386 g/mol. The van der Waals surface area contributed by atoms with Crippen LogP contribution in [0.15, 0.2) is 27.4 Å². The summed E-state index contributed by atoms with van der Waals surface area (Å²) in [5.41, 5.74) is 1.37. The molecule has 4 rings (SSSR count). The van der Waals surface area contributed by atoms with Crippen LogP contribution in [-0.4, -0.2) is 56.8 Å². The second kappa shape index (κ2) is 8.32. The summed E-state index contributed by atoms with van der Waals surface area (Å²) in [5, 5.41) is 0.854. The standard InChI is InChI=1S/C21H26N2O5/c1-2-10-27-15-5-6-18-17(13-15)16-4-3-7-23(20(16)21(25)28-18)19(24)14-22-8-11-26-12-9-22/h5-6,13H,2-4,7-12,14H2,1H3. The number of carbonyl (C=O) groups is 1. The molecule has 3 heterocycles. The first-order valence-corrected chi connectivity index (χ1v) is 10.0. The topological polar surface area (TPSA) is 72.2 Å². The van der Waals surface area contributed by atoms with Gasteiger partial charge in [-0.05, 0) is 43.0 Å². The molecule has 0 aliphatic carbocycles. The van der Waals surface area contributed by atoms with Crippen molar-refractivity contribution < 1.29 is 18.7 Å². The maximum atomic E-state index is 13.0. The van der Waals surface area contributed by atoms with Crippen LogP contribution in [0, 0.1) is 0 Å². The molecule has 150 valence electrons. The molecule has 0 unspecified atom stereocenters. The van der Waals surface area contributed by atoms with E-state index in [2.05, 4.69) is 11.8 Å². The lowest BCUT2D eigenvalue weighted by Gasteiger charge is -2.32. The number of morpholine rings is 1. The number of hydrogen-bond acceptors (Lipinski definition) is 6. The monoisotopic (exact) mass is 386 g/mol. The minimum atomic E-state index is -0.445. The number of fused-ring (bicyclic) bond motifs is 3. The molecule has 0 radical (unpaired) electrons. The number of carbonyl (C=O) groups excluding carboxylic acids is 1. The molecule has 1 aromatic carbocycles. The number of benzene rings is 1. The van der Waals surface area contributed by atoms with Gasteiger partial charge in [0.2, 0.25) is 5.91 Å². The van der Waals surface area contributed by atoms with Crippen LogP contribution in [0.1, 0.15) is 25.3 Å². The Kier molecular flexibility index (Phi) is 5.64. The van der Waals surface area contributed by atoms with Crippen molar-refractivity contribution in [3.05, 3.63) is 34.2 Å². The number of amides is 1. The molecule has 1 amide bonds. The first-order chi connectivity index (χ1) is 13.7. The lowest BCUT2D eigenvalue weighted by Crippen LogP contribution is -2.47. The Morgan fingerprint density at radius 1 is 1.21 bits per heavy atom. The van der Waals surface area contributed by atoms with Gasteiger partial charge in [-0.3, -0.25) is 9.69 Å². The predicted molar refractivity (Wildman–Crippen MR) is 106 cm³/mol. The number of ether oxygens (including phenoxy) is 2. The van der Waals surface area contributed by atoms with Gasteiger partial charge in [0.25, 0.3) is 0 Å². The van der Waals surface area contributed by atoms with E-state index in [-0.39, 0.29) is 5.91 Å². The Morgan fingerprint density at radius 2 is 2.04 bits per heavy atom. The van der Waals surface area contributed by atoms with E-state index in [9.17, 15) is 9.59 Å². The molecule has 7 nitrogen and oxygen atoms in total. The summed E-state index contributed by atoms with van der Waals surface area (Å²) < 4.78 is 16.6. The zero-order chi connectivity index (χ0) is 19.5. The fraction of sp³-hybridized carbons (Fsp3) is 0.524. The van der Waals surface area contributed by atoms with Gasteiger partial charge >= 0.3 is 5.63 Å². The van der Waals surface area contributed by atoms with Gasteiger partial charge in [-0.15, -0.1) is 0 Å². The molecule has 0 spiro atoms. The summed E-state index contributed by atoms with van der Waals surface area (Å²) >= 11 is 0. The van der Waals surface area contributed by atoms with Crippen molar-refractivity contribution in [3.63, 3.8) is 0 Å². The van der Waals surface area contributed by atoms with Crippen molar-refractivity contribution >= 4 is 22.6 Å². The Morgan fingerprint density at radius 3 is 2.82 bits per heavy atom. The lowest BCUT2D eigenvalue weighted by atomic mass is 9.98. The molecule has 1 saturated heterocycles. The number of hydrogen-bond donors (Lipinski definition) is 0. The molecule has 2 aromatic rings. The van der Waals surface area contributed by atoms with Crippen LogP contribution in [0.2, 0.25) is 0 Å². The first-order valence-electron chi connectivity index (χ1n) is 10.0. The minimum Gasteiger partial charge on any atom is -0.494 e. The fourth-order valence-electron chi connectivity index (χ4n) is 3.88. The second-order valence-corrected chi connectivity index (χ2v) is 7.26. The van der Waals surface area contributed by atoms with Crippen molar-refractivity contribution in [2.45, 2.75) is 26.2 Å². The van der Waals surface area contributed by atoms with E-state index in [0.717, 1.165) is 49.1 Å². The molecular formula is C21H26N2O5. The zero-order valence-electron chi connectivity index (χ0n) is 16.2. The van der Waals surface area contributed by atoms with Gasteiger partial charge in [-0.2, -0.15) is 0 Å². The summed E-state index contributed by atoms with van der Waals surface area (Å²) in [6, 6.07) is 5.51. The second-order valence-electron chi connectivity index (χ2n) is 7.26. The van der Waals surface area contributed by atoms with Crippen molar-refractivity contribution in [1.29, 1.82) is 0 Å². The van der Waals surface area contributed by atoms with Crippen molar-refractivity contribution in [2.24, 2.45) is 0 Å². The molecule has 2 aliphatic rings. The molecular weight excluding hydrogens is 360 g/mol. The minimum absolute atomic E-state index is 0.0621. The van der Waals surface area contributed by atoms with E-state index in [1.165, 1.54) is 0 Å². The summed E-state index contributed by atoms with van der Waals surface area (Å²) in [5.74, 6) is 0.690. The zero-order valence-corrected chi connectivity index (χ0v) is 16.2. The van der Waals surface area contributed by atoms with Crippen LogP contribution in [0.25, 0.3) is 11.0 Å². The van der Waals surface area contributed by atoms with Crippen LogP contribution in [0.3, 0.4) is 0 Å². The van der Waals surface area contributed by atoms with Crippen molar-refractivity contribution in [3.8, 4) is 5.75 Å². The molecule has 1 aromatic heterocycles. The van der Waals surface area contributed by atoms with E-state index in [0.29, 0.717) is 44.2 Å². The number of rotatable bonds is 5. The lowest BCUT2D eigenvalue weighted by molar-refractivity contribution is -0.120. The van der Waals surface area contributed by atoms with Crippen LogP contribution in [0.4, 0.5) is 5.69 Å². The SMILES string of the molecule is CCCOc1ccc2oc(=O)c3c(c2c1)CCCN3C(=O)CN1CCOCC1. The summed E-state index contributed by atoms with van der Waals surface area (Å²) in [4.78, 5) is 29.4. The van der Waals surface area contributed by atoms with E-state index < -0.39 is 5.63 Å². The highest BCUT2D eigenvalue weighted by Crippen LogP contribution is 2.32.